The highest BCUT2D eigenvalue weighted by Crippen LogP contribution is 2.01. The maximum atomic E-state index is 11.1. The lowest BCUT2D eigenvalue weighted by molar-refractivity contribution is -0.136. The van der Waals surface area contributed by atoms with Crippen molar-refractivity contribution >= 4 is 5.97 Å². The van der Waals surface area contributed by atoms with Gasteiger partial charge in [-0.3, -0.25) is 0 Å². The SMILES string of the molecule is CCC(=CCNCCN)C(=O)OC. The Morgan fingerprint density at radius 2 is 2.31 bits per heavy atom. The highest BCUT2D eigenvalue weighted by atomic mass is 16.5. The second-order valence-corrected chi connectivity index (χ2v) is 2.57. The van der Waals surface area contributed by atoms with Crippen molar-refractivity contribution in [2.75, 3.05) is 26.7 Å². The number of carbonyl (C=O) groups is 1. The zero-order chi connectivity index (χ0) is 10.1. The number of methoxy groups -OCH3 is 1. The molecule has 0 heterocycles. The Hall–Kier alpha value is -0.870. The Morgan fingerprint density at radius 3 is 2.77 bits per heavy atom. The molecule has 0 atom stereocenters. The average molecular weight is 186 g/mol. The summed E-state index contributed by atoms with van der Waals surface area (Å²) in [7, 11) is 1.39. The number of nitrogens with two attached hydrogens (primary N) is 1. The zero-order valence-electron chi connectivity index (χ0n) is 8.30. The first-order chi connectivity index (χ1) is 6.26. The van der Waals surface area contributed by atoms with E-state index in [0.717, 1.165) is 6.54 Å². The molecule has 0 saturated carbocycles. The number of ether oxygens (including phenoxy) is 1. The van der Waals surface area contributed by atoms with Crippen LogP contribution in [0, 0.1) is 0 Å². The zero-order valence-corrected chi connectivity index (χ0v) is 8.30. The molecule has 0 bridgehead atoms. The molecule has 0 aromatic carbocycles. The van der Waals surface area contributed by atoms with Gasteiger partial charge < -0.3 is 15.8 Å². The molecule has 0 saturated heterocycles. The summed E-state index contributed by atoms with van der Waals surface area (Å²) in [4.78, 5) is 11.1. The van der Waals surface area contributed by atoms with Crippen LogP contribution < -0.4 is 11.1 Å². The van der Waals surface area contributed by atoms with Crippen LogP contribution in [0.5, 0.6) is 0 Å². The van der Waals surface area contributed by atoms with Gasteiger partial charge >= 0.3 is 5.97 Å². The molecule has 0 aliphatic carbocycles. The summed E-state index contributed by atoms with van der Waals surface area (Å²) in [6, 6.07) is 0. The van der Waals surface area contributed by atoms with Crippen molar-refractivity contribution in [1.29, 1.82) is 0 Å². The van der Waals surface area contributed by atoms with Crippen molar-refractivity contribution in [2.24, 2.45) is 5.73 Å². The number of rotatable bonds is 6. The van der Waals surface area contributed by atoms with Crippen molar-refractivity contribution in [1.82, 2.24) is 5.32 Å². The fourth-order valence-electron chi connectivity index (χ4n) is 0.903. The molecule has 4 heteroatoms. The lowest BCUT2D eigenvalue weighted by atomic mass is 10.2. The van der Waals surface area contributed by atoms with Crippen molar-refractivity contribution in [2.45, 2.75) is 13.3 Å². The summed E-state index contributed by atoms with van der Waals surface area (Å²) < 4.78 is 4.60. The van der Waals surface area contributed by atoms with Gasteiger partial charge in [-0.05, 0) is 6.42 Å². The predicted octanol–water partition coefficient (Wildman–Crippen LogP) is 0.0441. The van der Waals surface area contributed by atoms with E-state index in [1.165, 1.54) is 7.11 Å². The van der Waals surface area contributed by atoms with Crippen LogP contribution in [0.2, 0.25) is 0 Å². The lowest BCUT2D eigenvalue weighted by Gasteiger charge is -2.02. The van der Waals surface area contributed by atoms with Crippen LogP contribution in [-0.4, -0.2) is 32.7 Å². The Balaban J connectivity index is 3.85. The molecule has 0 radical (unpaired) electrons. The molecular formula is C9H18N2O2. The minimum Gasteiger partial charge on any atom is -0.466 e. The van der Waals surface area contributed by atoms with Gasteiger partial charge in [0.25, 0.3) is 0 Å². The second kappa shape index (κ2) is 7.76. The van der Waals surface area contributed by atoms with Crippen LogP contribution in [0.3, 0.4) is 0 Å². The molecule has 0 aliphatic heterocycles. The van der Waals surface area contributed by atoms with E-state index in [9.17, 15) is 4.79 Å². The van der Waals surface area contributed by atoms with Gasteiger partial charge in [0.15, 0.2) is 0 Å². The molecule has 0 aromatic rings. The van der Waals surface area contributed by atoms with Crippen LogP contribution in [0.4, 0.5) is 0 Å². The number of hydrogen-bond donors (Lipinski definition) is 2. The van der Waals surface area contributed by atoms with E-state index in [-0.39, 0.29) is 5.97 Å². The molecule has 0 amide bonds. The minimum atomic E-state index is -0.253. The number of hydrogen-bond acceptors (Lipinski definition) is 4. The van der Waals surface area contributed by atoms with Crippen LogP contribution in [0.25, 0.3) is 0 Å². The molecule has 0 aliphatic rings. The van der Waals surface area contributed by atoms with Crippen LogP contribution in [-0.2, 0) is 9.53 Å². The van der Waals surface area contributed by atoms with Crippen molar-refractivity contribution < 1.29 is 9.53 Å². The summed E-state index contributed by atoms with van der Waals surface area (Å²) in [5.74, 6) is -0.253. The van der Waals surface area contributed by atoms with Gasteiger partial charge in [-0.15, -0.1) is 0 Å². The maximum absolute atomic E-state index is 11.1. The maximum Gasteiger partial charge on any atom is 0.333 e. The first-order valence-electron chi connectivity index (χ1n) is 4.44. The van der Waals surface area contributed by atoms with E-state index >= 15 is 0 Å². The van der Waals surface area contributed by atoms with Crippen molar-refractivity contribution in [3.8, 4) is 0 Å². The number of esters is 1. The Labute approximate surface area is 79.1 Å². The molecule has 0 aromatic heterocycles. The molecule has 4 nitrogen and oxygen atoms in total. The first-order valence-corrected chi connectivity index (χ1v) is 4.44. The lowest BCUT2D eigenvalue weighted by Crippen LogP contribution is -2.23. The van der Waals surface area contributed by atoms with Gasteiger partial charge in [0, 0.05) is 25.2 Å². The predicted molar refractivity (Wildman–Crippen MR) is 52.3 cm³/mol. The standard InChI is InChI=1S/C9H18N2O2/c1-3-8(9(12)13-2)4-6-11-7-5-10/h4,11H,3,5-7,10H2,1-2H3. The molecule has 0 rings (SSSR count). The highest BCUT2D eigenvalue weighted by Gasteiger charge is 2.04. The monoisotopic (exact) mass is 186 g/mol. The fourth-order valence-corrected chi connectivity index (χ4v) is 0.903. The molecule has 0 fully saturated rings. The van der Waals surface area contributed by atoms with Gasteiger partial charge in [0.1, 0.15) is 0 Å². The van der Waals surface area contributed by atoms with Gasteiger partial charge in [-0.25, -0.2) is 4.79 Å². The molecule has 13 heavy (non-hydrogen) atoms. The first kappa shape index (κ1) is 12.1. The van der Waals surface area contributed by atoms with E-state index in [1.54, 1.807) is 0 Å². The molecule has 3 N–H and O–H groups in total. The normalized spacial score (nSPS) is 11.5. The third-order valence-electron chi connectivity index (χ3n) is 1.64. The quantitative estimate of drug-likeness (QED) is 0.349. The largest absolute Gasteiger partial charge is 0.466 e. The van der Waals surface area contributed by atoms with Crippen LogP contribution in [0.15, 0.2) is 11.6 Å². The Bertz CT molecular complexity index is 178. The van der Waals surface area contributed by atoms with Gasteiger partial charge in [-0.2, -0.15) is 0 Å². The molecule has 0 spiro atoms. The van der Waals surface area contributed by atoms with E-state index in [0.29, 0.717) is 25.1 Å². The Morgan fingerprint density at radius 1 is 1.62 bits per heavy atom. The van der Waals surface area contributed by atoms with Crippen LogP contribution in [0.1, 0.15) is 13.3 Å². The molecule has 0 unspecified atom stereocenters. The number of nitrogens with one attached hydrogen (secondary N) is 1. The highest BCUT2D eigenvalue weighted by molar-refractivity contribution is 5.88. The summed E-state index contributed by atoms with van der Waals surface area (Å²) >= 11 is 0. The molecule has 76 valence electrons. The second-order valence-electron chi connectivity index (χ2n) is 2.57. The van der Waals surface area contributed by atoms with Crippen molar-refractivity contribution in [3.05, 3.63) is 11.6 Å². The van der Waals surface area contributed by atoms with Gasteiger partial charge in [0.2, 0.25) is 0 Å². The fraction of sp³-hybridized carbons (Fsp3) is 0.667. The van der Waals surface area contributed by atoms with Crippen LogP contribution >= 0.6 is 0 Å². The van der Waals surface area contributed by atoms with Gasteiger partial charge in [0.05, 0.1) is 7.11 Å². The smallest absolute Gasteiger partial charge is 0.333 e. The summed E-state index contributed by atoms with van der Waals surface area (Å²) in [6.07, 6.45) is 2.53. The van der Waals surface area contributed by atoms with E-state index in [1.807, 2.05) is 13.0 Å². The number of carbonyl (C=O) groups excluding carboxylic acids is 1. The molecular weight excluding hydrogens is 168 g/mol. The third-order valence-corrected chi connectivity index (χ3v) is 1.64. The summed E-state index contributed by atoms with van der Waals surface area (Å²) in [6.45, 7) is 3.95. The van der Waals surface area contributed by atoms with E-state index in [2.05, 4.69) is 10.1 Å². The van der Waals surface area contributed by atoms with E-state index in [4.69, 9.17) is 5.73 Å². The summed E-state index contributed by atoms with van der Waals surface area (Å²) in [5, 5.41) is 3.07. The van der Waals surface area contributed by atoms with E-state index < -0.39 is 0 Å². The third kappa shape index (κ3) is 5.38. The topological polar surface area (TPSA) is 64.3 Å². The summed E-state index contributed by atoms with van der Waals surface area (Å²) in [5.41, 5.74) is 5.99. The minimum absolute atomic E-state index is 0.253. The van der Waals surface area contributed by atoms with Crippen molar-refractivity contribution in [3.63, 3.8) is 0 Å². The van der Waals surface area contributed by atoms with Gasteiger partial charge in [-0.1, -0.05) is 13.0 Å². The Kier molecular flexibility index (Phi) is 7.24. The average Bonchev–Trinajstić information content (AvgIpc) is 2.17.